The number of hydrogen-bond donors (Lipinski definition) is 1. The molecule has 1 aromatic carbocycles. The summed E-state index contributed by atoms with van der Waals surface area (Å²) < 4.78 is 18.9. The molecule has 2 fully saturated rings. The molecule has 2 atom stereocenters. The van der Waals surface area contributed by atoms with Crippen LogP contribution in [0.15, 0.2) is 24.3 Å². The number of amides is 1. The molecule has 21 heavy (non-hydrogen) atoms. The predicted octanol–water partition coefficient (Wildman–Crippen LogP) is 1.38. The molecule has 2 aliphatic rings. The number of carbonyl (C=O) groups is 1. The second kappa shape index (κ2) is 6.54. The maximum Gasteiger partial charge on any atom is 0.223 e. The maximum absolute atomic E-state index is 13.7. The van der Waals surface area contributed by atoms with Crippen LogP contribution in [0.25, 0.3) is 0 Å². The van der Waals surface area contributed by atoms with Gasteiger partial charge in [-0.15, -0.1) is 0 Å². The van der Waals surface area contributed by atoms with Crippen LogP contribution in [-0.4, -0.2) is 50.2 Å². The number of morpholine rings is 1. The van der Waals surface area contributed by atoms with Crippen LogP contribution in [0.5, 0.6) is 0 Å². The zero-order chi connectivity index (χ0) is 14.7. The monoisotopic (exact) mass is 292 g/mol. The molecule has 1 amide bonds. The van der Waals surface area contributed by atoms with Crippen molar-refractivity contribution in [2.45, 2.75) is 12.3 Å². The molecule has 0 aromatic heterocycles. The summed E-state index contributed by atoms with van der Waals surface area (Å²) in [7, 11) is 0. The SMILES string of the molecule is O=C(NCCN1CCOCC1)C1CC1c1ccccc1F. The average molecular weight is 292 g/mol. The molecule has 0 bridgehead atoms. The van der Waals surface area contributed by atoms with Crippen molar-refractivity contribution in [1.29, 1.82) is 0 Å². The third-order valence-corrected chi connectivity index (χ3v) is 4.26. The Morgan fingerprint density at radius 1 is 1.33 bits per heavy atom. The average Bonchev–Trinajstić information content (AvgIpc) is 3.29. The summed E-state index contributed by atoms with van der Waals surface area (Å²) in [6.07, 6.45) is 0.754. The minimum Gasteiger partial charge on any atom is -0.379 e. The lowest BCUT2D eigenvalue weighted by molar-refractivity contribution is -0.122. The largest absolute Gasteiger partial charge is 0.379 e. The summed E-state index contributed by atoms with van der Waals surface area (Å²) in [6, 6.07) is 6.74. The molecule has 1 saturated heterocycles. The zero-order valence-corrected chi connectivity index (χ0v) is 12.1. The molecule has 1 heterocycles. The number of halogens is 1. The van der Waals surface area contributed by atoms with Crippen molar-refractivity contribution in [3.05, 3.63) is 35.6 Å². The summed E-state index contributed by atoms with van der Waals surface area (Å²) in [4.78, 5) is 14.3. The third kappa shape index (κ3) is 3.60. The molecular weight excluding hydrogens is 271 g/mol. The predicted molar refractivity (Wildman–Crippen MR) is 77.5 cm³/mol. The van der Waals surface area contributed by atoms with Gasteiger partial charge in [0.25, 0.3) is 0 Å². The van der Waals surface area contributed by atoms with E-state index >= 15 is 0 Å². The second-order valence-electron chi connectivity index (χ2n) is 5.72. The van der Waals surface area contributed by atoms with E-state index in [4.69, 9.17) is 4.74 Å². The van der Waals surface area contributed by atoms with Gasteiger partial charge in [0.05, 0.1) is 13.2 Å². The smallest absolute Gasteiger partial charge is 0.223 e. The van der Waals surface area contributed by atoms with E-state index in [1.807, 2.05) is 6.07 Å². The van der Waals surface area contributed by atoms with Crippen LogP contribution in [0.3, 0.4) is 0 Å². The van der Waals surface area contributed by atoms with E-state index in [-0.39, 0.29) is 23.6 Å². The van der Waals surface area contributed by atoms with E-state index < -0.39 is 0 Å². The van der Waals surface area contributed by atoms with Gasteiger partial charge in [-0.3, -0.25) is 9.69 Å². The molecule has 4 nitrogen and oxygen atoms in total. The normalized spacial score (nSPS) is 25.6. The summed E-state index contributed by atoms with van der Waals surface area (Å²) in [5, 5.41) is 2.97. The fourth-order valence-electron chi connectivity index (χ4n) is 2.90. The summed E-state index contributed by atoms with van der Waals surface area (Å²) in [5.41, 5.74) is 0.672. The minimum atomic E-state index is -0.203. The lowest BCUT2D eigenvalue weighted by Gasteiger charge is -2.26. The van der Waals surface area contributed by atoms with Gasteiger partial charge >= 0.3 is 0 Å². The van der Waals surface area contributed by atoms with Crippen LogP contribution >= 0.6 is 0 Å². The zero-order valence-electron chi connectivity index (χ0n) is 12.1. The lowest BCUT2D eigenvalue weighted by Crippen LogP contribution is -2.41. The Bertz CT molecular complexity index is 503. The van der Waals surface area contributed by atoms with Crippen molar-refractivity contribution in [1.82, 2.24) is 10.2 Å². The number of nitrogens with zero attached hydrogens (tertiary/aromatic N) is 1. The highest BCUT2D eigenvalue weighted by molar-refractivity contribution is 5.82. The van der Waals surface area contributed by atoms with Crippen LogP contribution in [-0.2, 0) is 9.53 Å². The van der Waals surface area contributed by atoms with E-state index in [0.29, 0.717) is 12.1 Å². The maximum atomic E-state index is 13.7. The van der Waals surface area contributed by atoms with Crippen molar-refractivity contribution >= 4 is 5.91 Å². The second-order valence-corrected chi connectivity index (χ2v) is 5.72. The Morgan fingerprint density at radius 3 is 2.86 bits per heavy atom. The molecule has 1 aliphatic carbocycles. The Kier molecular flexibility index (Phi) is 4.51. The molecule has 1 saturated carbocycles. The Hall–Kier alpha value is -1.46. The number of ether oxygens (including phenoxy) is 1. The van der Waals surface area contributed by atoms with Gasteiger partial charge in [-0.25, -0.2) is 4.39 Å². The van der Waals surface area contributed by atoms with Crippen molar-refractivity contribution in [2.24, 2.45) is 5.92 Å². The molecule has 0 radical (unpaired) electrons. The minimum absolute atomic E-state index is 0.0505. The molecule has 1 aliphatic heterocycles. The summed E-state index contributed by atoms with van der Waals surface area (Å²) in [6.45, 7) is 4.90. The van der Waals surface area contributed by atoms with E-state index in [9.17, 15) is 9.18 Å². The number of nitrogens with one attached hydrogen (secondary N) is 1. The molecule has 5 heteroatoms. The summed E-state index contributed by atoms with van der Waals surface area (Å²) in [5.74, 6) is -0.163. The van der Waals surface area contributed by atoms with Crippen molar-refractivity contribution in [3.63, 3.8) is 0 Å². The van der Waals surface area contributed by atoms with E-state index in [0.717, 1.165) is 39.3 Å². The molecule has 2 unspecified atom stereocenters. The molecule has 114 valence electrons. The van der Waals surface area contributed by atoms with Crippen LogP contribution in [0.1, 0.15) is 17.9 Å². The van der Waals surface area contributed by atoms with Crippen molar-refractivity contribution in [3.8, 4) is 0 Å². The first-order chi connectivity index (χ1) is 10.3. The van der Waals surface area contributed by atoms with E-state index in [1.54, 1.807) is 12.1 Å². The van der Waals surface area contributed by atoms with Crippen LogP contribution < -0.4 is 5.32 Å². The van der Waals surface area contributed by atoms with Crippen molar-refractivity contribution < 1.29 is 13.9 Å². The van der Waals surface area contributed by atoms with Gasteiger partial charge in [-0.2, -0.15) is 0 Å². The third-order valence-electron chi connectivity index (χ3n) is 4.26. The topological polar surface area (TPSA) is 41.6 Å². The van der Waals surface area contributed by atoms with Gasteiger partial charge in [0.2, 0.25) is 5.91 Å². The number of rotatable bonds is 5. The number of carbonyl (C=O) groups excluding carboxylic acids is 1. The van der Waals surface area contributed by atoms with E-state index in [1.165, 1.54) is 6.07 Å². The quantitative estimate of drug-likeness (QED) is 0.891. The van der Waals surface area contributed by atoms with Gasteiger partial charge < -0.3 is 10.1 Å². The van der Waals surface area contributed by atoms with Gasteiger partial charge in [0.15, 0.2) is 0 Å². The van der Waals surface area contributed by atoms with E-state index in [2.05, 4.69) is 10.2 Å². The lowest BCUT2D eigenvalue weighted by atomic mass is 10.1. The van der Waals surface area contributed by atoms with Crippen LogP contribution in [0.4, 0.5) is 4.39 Å². The first kappa shape index (κ1) is 14.5. The Balaban J connectivity index is 1.42. The highest BCUT2D eigenvalue weighted by atomic mass is 19.1. The highest BCUT2D eigenvalue weighted by Gasteiger charge is 2.44. The molecule has 1 N–H and O–H groups in total. The number of hydrogen-bond acceptors (Lipinski definition) is 3. The first-order valence-corrected chi connectivity index (χ1v) is 7.58. The fourth-order valence-corrected chi connectivity index (χ4v) is 2.90. The standard InChI is InChI=1S/C16H21FN2O2/c17-15-4-2-1-3-12(15)13-11-14(13)16(20)18-5-6-19-7-9-21-10-8-19/h1-4,13-14H,5-11H2,(H,18,20). The number of benzene rings is 1. The van der Waals surface area contributed by atoms with Gasteiger partial charge in [0.1, 0.15) is 5.82 Å². The van der Waals surface area contributed by atoms with Gasteiger partial charge in [-0.1, -0.05) is 18.2 Å². The fraction of sp³-hybridized carbons (Fsp3) is 0.562. The molecule has 0 spiro atoms. The molecule has 1 aromatic rings. The Morgan fingerprint density at radius 2 is 2.10 bits per heavy atom. The highest BCUT2D eigenvalue weighted by Crippen LogP contribution is 2.48. The van der Waals surface area contributed by atoms with Gasteiger partial charge in [0, 0.05) is 32.1 Å². The van der Waals surface area contributed by atoms with Crippen LogP contribution in [0.2, 0.25) is 0 Å². The molecular formula is C16H21FN2O2. The Labute approximate surface area is 124 Å². The summed E-state index contributed by atoms with van der Waals surface area (Å²) >= 11 is 0. The van der Waals surface area contributed by atoms with Gasteiger partial charge in [-0.05, 0) is 24.0 Å². The molecule has 3 rings (SSSR count). The van der Waals surface area contributed by atoms with Crippen LogP contribution in [0, 0.1) is 11.7 Å². The van der Waals surface area contributed by atoms with Crippen molar-refractivity contribution in [2.75, 3.05) is 39.4 Å². The first-order valence-electron chi connectivity index (χ1n) is 7.58.